The van der Waals surface area contributed by atoms with Crippen molar-refractivity contribution in [2.45, 2.75) is 26.0 Å². The molecule has 0 aromatic carbocycles. The summed E-state index contributed by atoms with van der Waals surface area (Å²) in [6.45, 7) is 6.45. The van der Waals surface area contributed by atoms with Crippen LogP contribution in [0.1, 0.15) is 20.8 Å². The molecule has 0 fully saturated rings. The zero-order chi connectivity index (χ0) is 8.15. The molecular formula is C8H15NS. The Morgan fingerprint density at radius 2 is 1.80 bits per heavy atom. The number of hydrogen-bond acceptors (Lipinski definition) is 2. The van der Waals surface area contributed by atoms with Gasteiger partial charge < -0.3 is 0 Å². The summed E-state index contributed by atoms with van der Waals surface area (Å²) < 4.78 is 0. The zero-order valence-electron chi connectivity index (χ0n) is 7.09. The van der Waals surface area contributed by atoms with E-state index in [0.717, 1.165) is 0 Å². The van der Waals surface area contributed by atoms with E-state index in [1.54, 1.807) is 11.8 Å². The first-order valence-corrected chi connectivity index (χ1v) is 4.84. The first-order chi connectivity index (χ1) is 4.63. The van der Waals surface area contributed by atoms with Crippen molar-refractivity contribution in [3.8, 4) is 6.07 Å². The molecule has 0 aromatic heterocycles. The molecular weight excluding hydrogens is 142 g/mol. The van der Waals surface area contributed by atoms with Crippen molar-refractivity contribution in [3.05, 3.63) is 0 Å². The van der Waals surface area contributed by atoms with Gasteiger partial charge in [0.1, 0.15) is 0 Å². The Balaban J connectivity index is 3.92. The van der Waals surface area contributed by atoms with E-state index in [1.165, 1.54) is 0 Å². The second-order valence-electron chi connectivity index (χ2n) is 2.89. The maximum atomic E-state index is 8.67. The highest BCUT2D eigenvalue weighted by Crippen LogP contribution is 2.22. The van der Waals surface area contributed by atoms with E-state index in [9.17, 15) is 0 Å². The average Bonchev–Trinajstić information content (AvgIpc) is 1.90. The molecule has 0 saturated carbocycles. The summed E-state index contributed by atoms with van der Waals surface area (Å²) in [4.78, 5) is 0. The van der Waals surface area contributed by atoms with Crippen LogP contribution in [-0.4, -0.2) is 11.5 Å². The van der Waals surface area contributed by atoms with Crippen molar-refractivity contribution in [2.24, 2.45) is 11.8 Å². The predicted molar refractivity (Wildman–Crippen MR) is 46.9 cm³/mol. The minimum absolute atomic E-state index is 0.167. The maximum absolute atomic E-state index is 8.67. The van der Waals surface area contributed by atoms with E-state index in [0.29, 0.717) is 11.8 Å². The van der Waals surface area contributed by atoms with Crippen molar-refractivity contribution >= 4 is 11.8 Å². The topological polar surface area (TPSA) is 23.8 Å². The summed E-state index contributed by atoms with van der Waals surface area (Å²) in [6.07, 6.45) is 1.99. The molecule has 0 aliphatic heterocycles. The minimum Gasteiger partial charge on any atom is -0.197 e. The lowest BCUT2D eigenvalue weighted by molar-refractivity contribution is 0.436. The molecule has 0 amide bonds. The Morgan fingerprint density at radius 3 is 1.90 bits per heavy atom. The Bertz CT molecular complexity index is 126. The zero-order valence-corrected chi connectivity index (χ0v) is 7.90. The van der Waals surface area contributed by atoms with Crippen LogP contribution in [0.2, 0.25) is 0 Å². The number of nitrogens with zero attached hydrogens (tertiary/aromatic N) is 1. The van der Waals surface area contributed by atoms with Crippen molar-refractivity contribution in [3.63, 3.8) is 0 Å². The third kappa shape index (κ3) is 2.62. The van der Waals surface area contributed by atoms with Gasteiger partial charge in [-0.3, -0.25) is 0 Å². The highest BCUT2D eigenvalue weighted by atomic mass is 32.2. The van der Waals surface area contributed by atoms with Gasteiger partial charge in [0.25, 0.3) is 0 Å². The molecule has 0 N–H and O–H groups in total. The van der Waals surface area contributed by atoms with Crippen LogP contribution in [-0.2, 0) is 0 Å². The molecule has 2 unspecified atom stereocenters. The third-order valence-corrected chi connectivity index (χ3v) is 2.95. The van der Waals surface area contributed by atoms with Gasteiger partial charge in [-0.15, -0.1) is 11.8 Å². The second kappa shape index (κ2) is 4.62. The van der Waals surface area contributed by atoms with Gasteiger partial charge in [-0.2, -0.15) is 5.26 Å². The van der Waals surface area contributed by atoms with Crippen LogP contribution in [0.25, 0.3) is 0 Å². The molecule has 0 aliphatic rings. The highest BCUT2D eigenvalue weighted by Gasteiger charge is 2.17. The molecule has 2 heteroatoms. The lowest BCUT2D eigenvalue weighted by atomic mass is 9.95. The van der Waals surface area contributed by atoms with E-state index >= 15 is 0 Å². The summed E-state index contributed by atoms with van der Waals surface area (Å²) in [5.74, 6) is 1.11. The summed E-state index contributed by atoms with van der Waals surface area (Å²) in [7, 11) is 0. The van der Waals surface area contributed by atoms with Gasteiger partial charge in [0, 0.05) is 0 Å². The number of nitriles is 1. The van der Waals surface area contributed by atoms with Crippen molar-refractivity contribution in [1.29, 1.82) is 5.26 Å². The van der Waals surface area contributed by atoms with Gasteiger partial charge in [-0.25, -0.2) is 0 Å². The normalized spacial score (nSPS) is 16.4. The largest absolute Gasteiger partial charge is 0.197 e. The van der Waals surface area contributed by atoms with E-state index in [-0.39, 0.29) is 5.25 Å². The molecule has 0 heterocycles. The smallest absolute Gasteiger partial charge is 0.0941 e. The fourth-order valence-corrected chi connectivity index (χ4v) is 1.58. The molecule has 10 heavy (non-hydrogen) atoms. The summed E-state index contributed by atoms with van der Waals surface area (Å²) in [6, 6.07) is 2.30. The van der Waals surface area contributed by atoms with Crippen LogP contribution in [0.3, 0.4) is 0 Å². The fourth-order valence-electron chi connectivity index (χ4n) is 0.735. The molecule has 1 nitrogen and oxygen atoms in total. The van der Waals surface area contributed by atoms with Crippen LogP contribution >= 0.6 is 11.8 Å². The molecule has 0 radical (unpaired) electrons. The fraction of sp³-hybridized carbons (Fsp3) is 0.875. The number of hydrogen-bond donors (Lipinski definition) is 0. The molecule has 0 aliphatic carbocycles. The van der Waals surface area contributed by atoms with Crippen molar-refractivity contribution in [1.82, 2.24) is 0 Å². The lowest BCUT2D eigenvalue weighted by Crippen LogP contribution is -2.17. The Labute approximate surface area is 67.8 Å². The highest BCUT2D eigenvalue weighted by molar-refractivity contribution is 7.99. The first-order valence-electron chi connectivity index (χ1n) is 3.55. The molecule has 0 aromatic rings. The average molecular weight is 157 g/mol. The monoisotopic (exact) mass is 157 g/mol. The van der Waals surface area contributed by atoms with E-state index in [2.05, 4.69) is 26.8 Å². The Kier molecular flexibility index (Phi) is 4.55. The van der Waals surface area contributed by atoms with Gasteiger partial charge >= 0.3 is 0 Å². The molecule has 0 rings (SSSR count). The SMILES string of the molecule is CSC(C#N)C(C)C(C)C. The van der Waals surface area contributed by atoms with Crippen LogP contribution in [0.5, 0.6) is 0 Å². The standard InChI is InChI=1S/C8H15NS/c1-6(2)7(3)8(5-9)10-4/h6-8H,1-4H3. The Hall–Kier alpha value is -0.160. The quantitative estimate of drug-likeness (QED) is 0.628. The minimum atomic E-state index is 0.167. The van der Waals surface area contributed by atoms with Crippen molar-refractivity contribution < 1.29 is 0 Å². The second-order valence-corrected chi connectivity index (χ2v) is 3.87. The summed E-state index contributed by atoms with van der Waals surface area (Å²) >= 11 is 1.65. The first kappa shape index (κ1) is 9.84. The van der Waals surface area contributed by atoms with Crippen molar-refractivity contribution in [2.75, 3.05) is 6.26 Å². The van der Waals surface area contributed by atoms with Gasteiger partial charge in [-0.05, 0) is 18.1 Å². The molecule has 2 atom stereocenters. The van der Waals surface area contributed by atoms with Crippen LogP contribution in [0.15, 0.2) is 0 Å². The molecule has 0 spiro atoms. The van der Waals surface area contributed by atoms with E-state index in [4.69, 9.17) is 5.26 Å². The lowest BCUT2D eigenvalue weighted by Gasteiger charge is -2.18. The number of rotatable bonds is 3. The molecule has 0 bridgehead atoms. The van der Waals surface area contributed by atoms with Gasteiger partial charge in [0.15, 0.2) is 0 Å². The Morgan fingerprint density at radius 1 is 1.30 bits per heavy atom. The van der Waals surface area contributed by atoms with Crippen LogP contribution in [0, 0.1) is 23.2 Å². The van der Waals surface area contributed by atoms with Crippen LogP contribution < -0.4 is 0 Å². The predicted octanol–water partition coefficient (Wildman–Crippen LogP) is 2.53. The molecule has 0 saturated heterocycles. The number of thioether (sulfide) groups is 1. The summed E-state index contributed by atoms with van der Waals surface area (Å²) in [5.41, 5.74) is 0. The van der Waals surface area contributed by atoms with Crippen LogP contribution in [0.4, 0.5) is 0 Å². The summed E-state index contributed by atoms with van der Waals surface area (Å²) in [5, 5.41) is 8.84. The third-order valence-electron chi connectivity index (χ3n) is 1.91. The van der Waals surface area contributed by atoms with E-state index in [1.807, 2.05) is 6.26 Å². The maximum Gasteiger partial charge on any atom is 0.0941 e. The van der Waals surface area contributed by atoms with Gasteiger partial charge in [0.05, 0.1) is 11.3 Å². The molecule has 58 valence electrons. The van der Waals surface area contributed by atoms with Gasteiger partial charge in [0.2, 0.25) is 0 Å². The van der Waals surface area contributed by atoms with E-state index < -0.39 is 0 Å². The van der Waals surface area contributed by atoms with Gasteiger partial charge in [-0.1, -0.05) is 20.8 Å².